The highest BCUT2D eigenvalue weighted by atomic mass is 32.1. The molecule has 0 saturated heterocycles. The lowest BCUT2D eigenvalue weighted by Crippen LogP contribution is -2.42. The Balaban J connectivity index is 2.09. The van der Waals surface area contributed by atoms with E-state index in [0.29, 0.717) is 5.92 Å². The van der Waals surface area contributed by atoms with Crippen LogP contribution in [0.5, 0.6) is 0 Å². The maximum Gasteiger partial charge on any atom is 0.321 e. The number of rotatable bonds is 7. The molecule has 0 spiro atoms. The highest BCUT2D eigenvalue weighted by Gasteiger charge is 2.17. The van der Waals surface area contributed by atoms with E-state index in [2.05, 4.69) is 54.1 Å². The lowest BCUT2D eigenvalue weighted by atomic mass is 9.99. The van der Waals surface area contributed by atoms with Gasteiger partial charge in [0.25, 0.3) is 0 Å². The molecule has 2 rings (SSSR count). The summed E-state index contributed by atoms with van der Waals surface area (Å²) in [6.45, 7) is 4.47. The molecule has 0 bridgehead atoms. The molecule has 2 aromatic rings. The predicted molar refractivity (Wildman–Crippen MR) is 102 cm³/mol. The summed E-state index contributed by atoms with van der Waals surface area (Å²) in [5, 5.41) is 9.89. The molecule has 1 aromatic carbocycles. The van der Waals surface area contributed by atoms with Gasteiger partial charge in [0.15, 0.2) is 0 Å². The second-order valence-corrected chi connectivity index (χ2v) is 7.28. The molecule has 6 heteroatoms. The van der Waals surface area contributed by atoms with Crippen molar-refractivity contribution in [3.63, 3.8) is 0 Å². The highest BCUT2D eigenvalue weighted by molar-refractivity contribution is 7.10. The molecule has 0 aliphatic heterocycles. The SMILES string of the molecule is CNC(=O)NC(=O)CN[C@@H](c1ccc(CC(C)C)cc1)c1cccs1. The van der Waals surface area contributed by atoms with Crippen LogP contribution < -0.4 is 16.0 Å². The number of carbonyl (C=O) groups is 2. The Kier molecular flexibility index (Phi) is 7.16. The smallest absolute Gasteiger partial charge is 0.321 e. The Bertz CT molecular complexity index is 681. The average Bonchev–Trinajstić information content (AvgIpc) is 3.10. The van der Waals surface area contributed by atoms with Crippen LogP contribution in [-0.4, -0.2) is 25.5 Å². The third-order valence-corrected chi connectivity index (χ3v) is 4.67. The summed E-state index contributed by atoms with van der Waals surface area (Å²) in [4.78, 5) is 24.2. The highest BCUT2D eigenvalue weighted by Crippen LogP contribution is 2.26. The first-order valence-electron chi connectivity index (χ1n) is 8.36. The van der Waals surface area contributed by atoms with Crippen LogP contribution in [0.1, 0.15) is 35.9 Å². The van der Waals surface area contributed by atoms with Crippen molar-refractivity contribution in [2.45, 2.75) is 26.3 Å². The van der Waals surface area contributed by atoms with Crippen molar-refractivity contribution >= 4 is 23.3 Å². The summed E-state index contributed by atoms with van der Waals surface area (Å²) in [6.07, 6.45) is 1.05. The number of thiophene rings is 1. The van der Waals surface area contributed by atoms with Crippen molar-refractivity contribution < 1.29 is 9.59 Å². The zero-order valence-corrected chi connectivity index (χ0v) is 15.7. The largest absolute Gasteiger partial charge is 0.341 e. The van der Waals surface area contributed by atoms with Gasteiger partial charge in [0.1, 0.15) is 0 Å². The molecule has 3 N–H and O–H groups in total. The van der Waals surface area contributed by atoms with Gasteiger partial charge >= 0.3 is 6.03 Å². The van der Waals surface area contributed by atoms with Crippen LogP contribution >= 0.6 is 11.3 Å². The maximum atomic E-state index is 11.9. The average molecular weight is 359 g/mol. The quantitative estimate of drug-likeness (QED) is 0.711. The number of hydrogen-bond acceptors (Lipinski definition) is 4. The molecule has 3 amide bonds. The summed E-state index contributed by atoms with van der Waals surface area (Å²) in [6, 6.07) is 11.9. The van der Waals surface area contributed by atoms with Gasteiger partial charge in [0.05, 0.1) is 12.6 Å². The van der Waals surface area contributed by atoms with Gasteiger partial charge in [0.2, 0.25) is 5.91 Å². The molecule has 134 valence electrons. The van der Waals surface area contributed by atoms with Crippen molar-refractivity contribution in [2.75, 3.05) is 13.6 Å². The van der Waals surface area contributed by atoms with Crippen LogP contribution in [0, 0.1) is 5.92 Å². The molecular formula is C19H25N3O2S. The van der Waals surface area contributed by atoms with Gasteiger partial charge in [-0.3, -0.25) is 15.4 Å². The van der Waals surface area contributed by atoms with Gasteiger partial charge in [0, 0.05) is 11.9 Å². The van der Waals surface area contributed by atoms with E-state index in [-0.39, 0.29) is 18.5 Å². The Morgan fingerprint density at radius 1 is 1.12 bits per heavy atom. The number of amides is 3. The first-order valence-corrected chi connectivity index (χ1v) is 9.24. The van der Waals surface area contributed by atoms with Gasteiger partial charge in [-0.05, 0) is 34.9 Å². The van der Waals surface area contributed by atoms with Crippen molar-refractivity contribution in [1.29, 1.82) is 0 Å². The third-order valence-electron chi connectivity index (χ3n) is 3.73. The number of hydrogen-bond donors (Lipinski definition) is 3. The Labute approximate surface area is 152 Å². The van der Waals surface area contributed by atoms with Crippen molar-refractivity contribution in [2.24, 2.45) is 5.92 Å². The fourth-order valence-electron chi connectivity index (χ4n) is 2.58. The minimum Gasteiger partial charge on any atom is -0.341 e. The van der Waals surface area contributed by atoms with Crippen LogP contribution in [0.25, 0.3) is 0 Å². The van der Waals surface area contributed by atoms with Gasteiger partial charge in [-0.1, -0.05) is 44.2 Å². The monoisotopic (exact) mass is 359 g/mol. The van der Waals surface area contributed by atoms with Gasteiger partial charge in [-0.15, -0.1) is 11.3 Å². The summed E-state index contributed by atoms with van der Waals surface area (Å²) in [5.74, 6) is 0.253. The maximum absolute atomic E-state index is 11.9. The Morgan fingerprint density at radius 3 is 2.40 bits per heavy atom. The molecule has 1 aromatic heterocycles. The van der Waals surface area contributed by atoms with E-state index >= 15 is 0 Å². The molecular weight excluding hydrogens is 334 g/mol. The molecule has 0 unspecified atom stereocenters. The zero-order valence-electron chi connectivity index (χ0n) is 14.8. The summed E-state index contributed by atoms with van der Waals surface area (Å²) >= 11 is 1.64. The molecule has 25 heavy (non-hydrogen) atoms. The Morgan fingerprint density at radius 2 is 1.84 bits per heavy atom. The molecule has 1 heterocycles. The van der Waals surface area contributed by atoms with E-state index in [1.807, 2.05) is 17.5 Å². The van der Waals surface area contributed by atoms with Gasteiger partial charge in [-0.2, -0.15) is 0 Å². The topological polar surface area (TPSA) is 70.2 Å². The Hall–Kier alpha value is -2.18. The first-order chi connectivity index (χ1) is 12.0. The fourth-order valence-corrected chi connectivity index (χ4v) is 3.41. The number of nitrogens with one attached hydrogen (secondary N) is 3. The van der Waals surface area contributed by atoms with Gasteiger partial charge < -0.3 is 5.32 Å². The summed E-state index contributed by atoms with van der Waals surface area (Å²) in [5.41, 5.74) is 2.41. The molecule has 0 saturated carbocycles. The van der Waals surface area contributed by atoms with Crippen LogP contribution in [0.2, 0.25) is 0 Å². The fraction of sp³-hybridized carbons (Fsp3) is 0.368. The van der Waals surface area contributed by atoms with Gasteiger partial charge in [-0.25, -0.2) is 4.79 Å². The number of imide groups is 1. The predicted octanol–water partition coefficient (Wildman–Crippen LogP) is 3.08. The van der Waals surface area contributed by atoms with E-state index in [1.54, 1.807) is 11.3 Å². The number of carbonyl (C=O) groups excluding carboxylic acids is 2. The van der Waals surface area contributed by atoms with E-state index in [1.165, 1.54) is 12.6 Å². The molecule has 5 nitrogen and oxygen atoms in total. The summed E-state index contributed by atoms with van der Waals surface area (Å²) < 4.78 is 0. The van der Waals surface area contributed by atoms with Crippen LogP contribution in [0.4, 0.5) is 4.79 Å². The minimum absolute atomic E-state index is 0.0593. The zero-order chi connectivity index (χ0) is 18.2. The van der Waals surface area contributed by atoms with E-state index in [4.69, 9.17) is 0 Å². The van der Waals surface area contributed by atoms with Crippen LogP contribution in [-0.2, 0) is 11.2 Å². The van der Waals surface area contributed by atoms with Crippen LogP contribution in [0.15, 0.2) is 41.8 Å². The second kappa shape index (κ2) is 9.34. The third kappa shape index (κ3) is 5.99. The van der Waals surface area contributed by atoms with Crippen molar-refractivity contribution in [3.8, 4) is 0 Å². The molecule has 0 radical (unpaired) electrons. The number of benzene rings is 1. The lowest BCUT2D eigenvalue weighted by molar-refractivity contribution is -0.119. The van der Waals surface area contributed by atoms with Crippen molar-refractivity contribution in [1.82, 2.24) is 16.0 Å². The van der Waals surface area contributed by atoms with Crippen LogP contribution in [0.3, 0.4) is 0 Å². The summed E-state index contributed by atoms with van der Waals surface area (Å²) in [7, 11) is 1.48. The van der Waals surface area contributed by atoms with E-state index < -0.39 is 6.03 Å². The van der Waals surface area contributed by atoms with E-state index in [0.717, 1.165) is 16.9 Å². The molecule has 0 aliphatic rings. The van der Waals surface area contributed by atoms with Crippen molar-refractivity contribution in [3.05, 3.63) is 57.8 Å². The normalized spacial score (nSPS) is 12.0. The molecule has 0 fully saturated rings. The second-order valence-electron chi connectivity index (χ2n) is 6.30. The lowest BCUT2D eigenvalue weighted by Gasteiger charge is -2.18. The standard InChI is InChI=1S/C19H25N3O2S/c1-13(2)11-14-6-8-15(9-7-14)18(16-5-4-10-25-16)21-12-17(23)22-19(24)20-3/h4-10,13,18,21H,11-12H2,1-3H3,(H2,20,22,23,24)/t18-/m0/s1. The van der Waals surface area contributed by atoms with E-state index in [9.17, 15) is 9.59 Å². The molecule has 1 atom stereocenters. The first kappa shape index (κ1) is 19.1. The number of urea groups is 1. The molecule has 0 aliphatic carbocycles. The minimum atomic E-state index is -0.502.